The van der Waals surface area contributed by atoms with E-state index in [4.69, 9.17) is 28.9 Å². The number of phenols is 1. The van der Waals surface area contributed by atoms with Gasteiger partial charge in [0, 0.05) is 50.0 Å². The molecule has 0 bridgehead atoms. The number of carbonyl (C=O) groups excluding carboxylic acids is 1. The Morgan fingerprint density at radius 3 is 2.56 bits per heavy atom. The fraction of sp³-hybridized carbons (Fsp3) is 0.700. The first-order valence-electron chi connectivity index (χ1n) is 19.5. The number of aliphatic hydroxyl groups excluding tert-OH is 3. The van der Waals surface area contributed by atoms with E-state index in [-0.39, 0.29) is 81.5 Å². The molecule has 7 atom stereocenters. The number of rotatable bonds is 20. The molecule has 2 aliphatic heterocycles. The Kier molecular flexibility index (Phi) is 13.7. The van der Waals surface area contributed by atoms with Crippen LogP contribution < -0.4 is 4.74 Å². The lowest BCUT2D eigenvalue weighted by molar-refractivity contribution is -0.258. The third kappa shape index (κ3) is 8.53. The van der Waals surface area contributed by atoms with Crippen LogP contribution >= 0.6 is 0 Å². The van der Waals surface area contributed by atoms with Crippen molar-refractivity contribution in [2.45, 2.75) is 101 Å². The number of fused-ring (bicyclic) bond motifs is 2. The monoisotopic (exact) mass is 726 g/mol. The number of ether oxygens (including phenoxy) is 4. The van der Waals surface area contributed by atoms with Crippen LogP contribution in [0.5, 0.6) is 11.5 Å². The van der Waals surface area contributed by atoms with Crippen molar-refractivity contribution in [3.05, 3.63) is 48.1 Å². The first-order chi connectivity index (χ1) is 25.4. The molecule has 0 aromatic heterocycles. The van der Waals surface area contributed by atoms with Crippen molar-refractivity contribution >= 4 is 11.6 Å². The number of hydrogen-bond acceptors (Lipinski definition) is 11. The summed E-state index contributed by atoms with van der Waals surface area (Å²) in [5.41, 5.74) is 2.53. The maximum Gasteiger partial charge on any atom is 0.239 e. The van der Waals surface area contributed by atoms with E-state index in [0.717, 1.165) is 68.9 Å². The highest BCUT2D eigenvalue weighted by Crippen LogP contribution is 2.62. The van der Waals surface area contributed by atoms with Gasteiger partial charge in [0.1, 0.15) is 17.5 Å². The quantitative estimate of drug-likeness (QED) is 0.0836. The van der Waals surface area contributed by atoms with Crippen molar-refractivity contribution in [3.8, 4) is 11.5 Å². The zero-order valence-corrected chi connectivity index (χ0v) is 30.4. The Balaban J connectivity index is 1.54. The Morgan fingerprint density at radius 1 is 1.04 bits per heavy atom. The highest BCUT2D eigenvalue weighted by atomic mass is 16.8. The minimum absolute atomic E-state index is 0.0105. The van der Waals surface area contributed by atoms with Gasteiger partial charge in [-0.2, -0.15) is 0 Å². The van der Waals surface area contributed by atoms with Gasteiger partial charge >= 0.3 is 0 Å². The second kappa shape index (κ2) is 18.4. The molecule has 2 heterocycles. The zero-order chi connectivity index (χ0) is 36.5. The molecule has 1 aromatic rings. The normalized spacial score (nSPS) is 30.1. The molecule has 12 nitrogen and oxygen atoms in total. The molecule has 4 N–H and O–H groups in total. The maximum absolute atomic E-state index is 14.4. The van der Waals surface area contributed by atoms with Crippen LogP contribution in [0.2, 0.25) is 0 Å². The fourth-order valence-electron chi connectivity index (χ4n) is 8.89. The molecule has 3 fully saturated rings. The molecule has 1 amide bonds. The number of unbranched alkanes of at least 4 members (excludes halogenated alkanes) is 2. The van der Waals surface area contributed by atoms with Crippen molar-refractivity contribution in [2.24, 2.45) is 28.8 Å². The summed E-state index contributed by atoms with van der Waals surface area (Å²) in [5.74, 6) is -1.22. The molecule has 3 aliphatic carbocycles. The van der Waals surface area contributed by atoms with E-state index in [1.165, 1.54) is 0 Å². The van der Waals surface area contributed by atoms with Crippen molar-refractivity contribution in [1.82, 2.24) is 4.90 Å². The first-order valence-corrected chi connectivity index (χ1v) is 19.5. The van der Waals surface area contributed by atoms with Crippen molar-refractivity contribution in [2.75, 3.05) is 52.8 Å². The number of amides is 1. The van der Waals surface area contributed by atoms with Gasteiger partial charge in [-0.05, 0) is 87.0 Å². The molecule has 288 valence electrons. The smallest absolute Gasteiger partial charge is 0.239 e. The summed E-state index contributed by atoms with van der Waals surface area (Å²) in [4.78, 5) is 22.4. The number of hydrogen-bond donors (Lipinski definition) is 4. The van der Waals surface area contributed by atoms with E-state index in [0.29, 0.717) is 37.3 Å². The predicted octanol–water partition coefficient (Wildman–Crippen LogP) is 4.80. The van der Waals surface area contributed by atoms with Gasteiger partial charge in [0.15, 0.2) is 0 Å². The highest BCUT2D eigenvalue weighted by molar-refractivity contribution is 6.03. The average molecular weight is 727 g/mol. The van der Waals surface area contributed by atoms with Crippen molar-refractivity contribution in [1.29, 1.82) is 0 Å². The molecule has 6 rings (SSSR count). The number of aliphatic hydroxyl groups is 3. The molecule has 52 heavy (non-hydrogen) atoms. The van der Waals surface area contributed by atoms with E-state index in [9.17, 15) is 25.2 Å². The van der Waals surface area contributed by atoms with E-state index in [2.05, 4.69) is 12.7 Å². The van der Waals surface area contributed by atoms with E-state index < -0.39 is 24.0 Å². The minimum atomic E-state index is -1.36. The maximum atomic E-state index is 14.4. The number of benzene rings is 1. The Morgan fingerprint density at radius 2 is 1.85 bits per heavy atom. The van der Waals surface area contributed by atoms with Gasteiger partial charge < -0.3 is 49.1 Å². The van der Waals surface area contributed by atoms with Crippen LogP contribution in [0, 0.1) is 23.7 Å². The lowest BCUT2D eigenvalue weighted by Crippen LogP contribution is -2.70. The van der Waals surface area contributed by atoms with Crippen LogP contribution in [0.15, 0.2) is 47.7 Å². The second-order valence-corrected chi connectivity index (χ2v) is 14.8. The summed E-state index contributed by atoms with van der Waals surface area (Å²) in [6.45, 7) is 5.51. The summed E-state index contributed by atoms with van der Waals surface area (Å²) >= 11 is 0. The first kappa shape index (κ1) is 38.7. The molecule has 0 spiro atoms. The van der Waals surface area contributed by atoms with Gasteiger partial charge in [-0.25, -0.2) is 0 Å². The largest absolute Gasteiger partial charge is 0.508 e. The number of aromatic hydroxyl groups is 1. The molecule has 0 radical (unpaired) electrons. The SMILES string of the molecule is C=CCO[C@@]12Oc3ccc(O)cc3[C@H]3[C@H](CCCCO)[C@@H](CCCCO)C=C(C(=NOC4CCCCO4)C[C@@H]1N(CCOCCO)C(=O)C1CC1)[C@H]32. The van der Waals surface area contributed by atoms with Crippen LogP contribution in [0.3, 0.4) is 0 Å². The number of oxime groups is 1. The van der Waals surface area contributed by atoms with Gasteiger partial charge in [-0.3, -0.25) is 4.79 Å². The van der Waals surface area contributed by atoms with Crippen LogP contribution in [0.4, 0.5) is 0 Å². The summed E-state index contributed by atoms with van der Waals surface area (Å²) in [6, 6.07) is 4.58. The lowest BCUT2D eigenvalue weighted by atomic mass is 9.55. The van der Waals surface area contributed by atoms with Crippen molar-refractivity contribution < 1.29 is 49.0 Å². The van der Waals surface area contributed by atoms with Gasteiger partial charge in [-0.1, -0.05) is 30.1 Å². The number of carbonyl (C=O) groups is 1. The van der Waals surface area contributed by atoms with Crippen LogP contribution in [-0.4, -0.2) is 108 Å². The Labute approximate surface area is 307 Å². The summed E-state index contributed by atoms with van der Waals surface area (Å²) in [5, 5.41) is 44.7. The molecule has 5 aliphatic rings. The Hall–Kier alpha value is -3.00. The van der Waals surface area contributed by atoms with Gasteiger partial charge in [-0.15, -0.1) is 6.58 Å². The average Bonchev–Trinajstić information content (AvgIpc) is 4.01. The van der Waals surface area contributed by atoms with Gasteiger partial charge in [0.2, 0.25) is 18.0 Å². The third-order valence-electron chi connectivity index (χ3n) is 11.4. The number of allylic oxidation sites excluding steroid dienone is 1. The van der Waals surface area contributed by atoms with E-state index in [1.807, 2.05) is 4.90 Å². The van der Waals surface area contributed by atoms with E-state index in [1.54, 1.807) is 24.3 Å². The minimum Gasteiger partial charge on any atom is -0.508 e. The van der Waals surface area contributed by atoms with E-state index >= 15 is 0 Å². The molecule has 1 saturated heterocycles. The second-order valence-electron chi connectivity index (χ2n) is 14.8. The summed E-state index contributed by atoms with van der Waals surface area (Å²) in [6.07, 6.45) is 12.8. The van der Waals surface area contributed by atoms with Crippen LogP contribution in [0.1, 0.15) is 88.5 Å². The topological polar surface area (TPSA) is 160 Å². The lowest BCUT2D eigenvalue weighted by Gasteiger charge is -2.60. The van der Waals surface area contributed by atoms with Crippen LogP contribution in [0.25, 0.3) is 0 Å². The fourth-order valence-corrected chi connectivity index (χ4v) is 8.89. The molecule has 1 unspecified atom stereocenters. The predicted molar refractivity (Wildman–Crippen MR) is 194 cm³/mol. The highest BCUT2D eigenvalue weighted by Gasteiger charge is 2.65. The number of phenolic OH excluding ortho intramolecular Hbond substituents is 1. The molecule has 1 aromatic carbocycles. The summed E-state index contributed by atoms with van der Waals surface area (Å²) < 4.78 is 25.8. The molecular formula is C40H58N2O10. The Bertz CT molecular complexity index is 1410. The molecule has 2 saturated carbocycles. The van der Waals surface area contributed by atoms with Crippen molar-refractivity contribution in [3.63, 3.8) is 0 Å². The zero-order valence-electron chi connectivity index (χ0n) is 30.4. The molecular weight excluding hydrogens is 668 g/mol. The summed E-state index contributed by atoms with van der Waals surface area (Å²) in [7, 11) is 0. The number of nitrogens with zero attached hydrogens (tertiary/aromatic N) is 2. The third-order valence-corrected chi connectivity index (χ3v) is 11.4. The van der Waals surface area contributed by atoms with Gasteiger partial charge in [0.25, 0.3) is 0 Å². The molecule has 12 heteroatoms. The van der Waals surface area contributed by atoms with Gasteiger partial charge in [0.05, 0.1) is 44.7 Å². The van der Waals surface area contributed by atoms with Crippen LogP contribution in [-0.2, 0) is 23.8 Å². The standard InChI is InChI=1S/C40H58N2O10/c1-2-20-50-40-35(42(16-22-48-23-19-45)39(47)27-12-13-27)26-33(41-52-36-11-5-8-21-49-36)31-24-28(9-3-6-17-43)30(10-4-7-18-44)37(38(31)40)32-25-29(46)14-15-34(32)51-40/h2,14-15,24-25,27-28,30,35-38,43-46H,1,3-13,16-23,26H2/t28-,30+,35-,36?,37+,38+,40+/m0/s1.